The lowest BCUT2D eigenvalue weighted by Gasteiger charge is -2.20. The summed E-state index contributed by atoms with van der Waals surface area (Å²) >= 11 is 0. The second-order valence-corrected chi connectivity index (χ2v) is 5.73. The van der Waals surface area contributed by atoms with Gasteiger partial charge in [0.1, 0.15) is 12.2 Å². The minimum Gasteiger partial charge on any atom is -0.386 e. The van der Waals surface area contributed by atoms with Crippen molar-refractivity contribution in [2.75, 3.05) is 0 Å². The zero-order valence-electron chi connectivity index (χ0n) is 10.9. The molecule has 1 aromatic heterocycles. The molecule has 0 aliphatic carbocycles. The minimum absolute atomic E-state index is 0.302. The molecule has 2 heterocycles. The number of aliphatic hydroxyl groups excluding tert-OH is 1. The van der Waals surface area contributed by atoms with Gasteiger partial charge in [0.25, 0.3) is 5.56 Å². The van der Waals surface area contributed by atoms with E-state index in [9.17, 15) is 19.3 Å². The molecule has 1 fully saturated rings. The van der Waals surface area contributed by atoms with Crippen molar-refractivity contribution >= 4 is 7.82 Å². The van der Waals surface area contributed by atoms with Crippen LogP contribution in [0.2, 0.25) is 0 Å². The number of ether oxygens (including phenoxy) is 1. The molecule has 1 aromatic rings. The maximum absolute atomic E-state index is 11.7. The lowest BCUT2D eigenvalue weighted by molar-refractivity contribution is -0.0405. The first-order valence-corrected chi connectivity index (χ1v) is 7.65. The van der Waals surface area contributed by atoms with Crippen LogP contribution in [0.25, 0.3) is 0 Å². The fourth-order valence-electron chi connectivity index (χ4n) is 2.19. The van der Waals surface area contributed by atoms with Crippen LogP contribution < -0.4 is 11.2 Å². The SMILES string of the molecule is CC[C@H]1O[C@@H](n2ccc(=O)[nH]c2=O)[C@@H](O)C1OP(=O)(O)O. The smallest absolute Gasteiger partial charge is 0.386 e. The molecule has 118 valence electrons. The third-order valence-corrected chi connectivity index (χ3v) is 3.61. The summed E-state index contributed by atoms with van der Waals surface area (Å²) in [7, 11) is -4.83. The number of aromatic amines is 1. The first-order valence-electron chi connectivity index (χ1n) is 6.12. The Labute approximate surface area is 118 Å². The van der Waals surface area contributed by atoms with E-state index in [0.717, 1.165) is 16.8 Å². The second-order valence-electron chi connectivity index (χ2n) is 4.54. The van der Waals surface area contributed by atoms with Gasteiger partial charge in [0.15, 0.2) is 6.23 Å². The molecular weight excluding hydrogens is 307 g/mol. The molecule has 0 radical (unpaired) electrons. The van der Waals surface area contributed by atoms with Crippen LogP contribution in [-0.4, -0.2) is 42.8 Å². The molecule has 1 aliphatic heterocycles. The average Bonchev–Trinajstić information content (AvgIpc) is 2.65. The number of phosphoric ester groups is 1. The van der Waals surface area contributed by atoms with Gasteiger partial charge in [-0.1, -0.05) is 6.92 Å². The van der Waals surface area contributed by atoms with Crippen molar-refractivity contribution in [3.8, 4) is 0 Å². The minimum atomic E-state index is -4.83. The molecule has 0 bridgehead atoms. The highest BCUT2D eigenvalue weighted by atomic mass is 31.2. The Balaban J connectivity index is 2.33. The summed E-state index contributed by atoms with van der Waals surface area (Å²) < 4.78 is 21.8. The number of nitrogens with one attached hydrogen (secondary N) is 1. The Morgan fingerprint density at radius 1 is 1.48 bits per heavy atom. The Morgan fingerprint density at radius 3 is 2.67 bits per heavy atom. The first kappa shape index (κ1) is 16.1. The Hall–Kier alpha value is -1.29. The van der Waals surface area contributed by atoms with Gasteiger partial charge in [-0.05, 0) is 6.42 Å². The summed E-state index contributed by atoms with van der Waals surface area (Å²) in [5, 5.41) is 10.1. The Bertz CT molecular complexity index is 664. The molecule has 1 saturated heterocycles. The first-order chi connectivity index (χ1) is 9.73. The van der Waals surface area contributed by atoms with Crippen molar-refractivity contribution in [3.05, 3.63) is 33.1 Å². The zero-order chi connectivity index (χ0) is 15.8. The molecule has 21 heavy (non-hydrogen) atoms. The van der Waals surface area contributed by atoms with Crippen LogP contribution in [-0.2, 0) is 13.8 Å². The molecule has 1 aliphatic rings. The summed E-state index contributed by atoms with van der Waals surface area (Å²) in [5.41, 5.74) is -1.42. The second kappa shape index (κ2) is 5.84. The average molecular weight is 322 g/mol. The van der Waals surface area contributed by atoms with Crippen LogP contribution in [0.1, 0.15) is 19.6 Å². The molecule has 0 saturated carbocycles. The van der Waals surface area contributed by atoms with Crippen molar-refractivity contribution < 1.29 is 28.7 Å². The highest BCUT2D eigenvalue weighted by molar-refractivity contribution is 7.46. The van der Waals surface area contributed by atoms with E-state index in [1.54, 1.807) is 6.92 Å². The predicted octanol–water partition coefficient (Wildman–Crippen LogP) is -1.32. The van der Waals surface area contributed by atoms with E-state index in [1.165, 1.54) is 0 Å². The highest BCUT2D eigenvalue weighted by Crippen LogP contribution is 2.44. The van der Waals surface area contributed by atoms with E-state index < -0.39 is 43.6 Å². The summed E-state index contributed by atoms with van der Waals surface area (Å²) in [6.45, 7) is 1.67. The van der Waals surface area contributed by atoms with Crippen molar-refractivity contribution in [2.45, 2.75) is 37.9 Å². The molecule has 4 N–H and O–H groups in total. The number of phosphoric acid groups is 1. The maximum atomic E-state index is 11.7. The monoisotopic (exact) mass is 322 g/mol. The third-order valence-electron chi connectivity index (χ3n) is 3.10. The summed E-state index contributed by atoms with van der Waals surface area (Å²) in [5.74, 6) is 0. The van der Waals surface area contributed by atoms with Crippen molar-refractivity contribution in [2.24, 2.45) is 0 Å². The molecular formula is C10H15N2O8P. The van der Waals surface area contributed by atoms with Gasteiger partial charge in [0, 0.05) is 12.3 Å². The van der Waals surface area contributed by atoms with E-state index in [0.29, 0.717) is 6.42 Å². The number of hydrogen-bond donors (Lipinski definition) is 4. The van der Waals surface area contributed by atoms with Crippen LogP contribution in [0.15, 0.2) is 21.9 Å². The van der Waals surface area contributed by atoms with Gasteiger partial charge in [-0.3, -0.25) is 18.9 Å². The van der Waals surface area contributed by atoms with E-state index in [2.05, 4.69) is 4.52 Å². The number of hydrogen-bond acceptors (Lipinski definition) is 6. The lowest BCUT2D eigenvalue weighted by atomic mass is 10.1. The van der Waals surface area contributed by atoms with Crippen LogP contribution in [0, 0.1) is 0 Å². The van der Waals surface area contributed by atoms with Crippen molar-refractivity contribution in [1.29, 1.82) is 0 Å². The molecule has 1 unspecified atom stereocenters. The van der Waals surface area contributed by atoms with E-state index in [1.807, 2.05) is 4.98 Å². The molecule has 0 spiro atoms. The quantitative estimate of drug-likeness (QED) is 0.498. The number of rotatable bonds is 4. The summed E-state index contributed by atoms with van der Waals surface area (Å²) in [4.78, 5) is 42.4. The van der Waals surface area contributed by atoms with Crippen LogP contribution in [0.4, 0.5) is 0 Å². The van der Waals surface area contributed by atoms with Crippen LogP contribution >= 0.6 is 7.82 Å². The fraction of sp³-hybridized carbons (Fsp3) is 0.600. The molecule has 11 heteroatoms. The molecule has 2 rings (SSSR count). The molecule has 10 nitrogen and oxygen atoms in total. The van der Waals surface area contributed by atoms with Gasteiger partial charge >= 0.3 is 13.5 Å². The van der Waals surface area contributed by atoms with Crippen LogP contribution in [0.5, 0.6) is 0 Å². The Morgan fingerprint density at radius 2 is 2.14 bits per heavy atom. The number of nitrogens with zero attached hydrogens (tertiary/aromatic N) is 1. The largest absolute Gasteiger partial charge is 0.470 e. The Kier molecular flexibility index (Phi) is 4.47. The van der Waals surface area contributed by atoms with E-state index in [-0.39, 0.29) is 0 Å². The molecule has 0 aromatic carbocycles. The third kappa shape index (κ3) is 3.49. The zero-order valence-corrected chi connectivity index (χ0v) is 11.8. The molecule has 0 amide bonds. The van der Waals surface area contributed by atoms with Crippen LogP contribution in [0.3, 0.4) is 0 Å². The van der Waals surface area contributed by atoms with E-state index >= 15 is 0 Å². The predicted molar refractivity (Wildman–Crippen MR) is 68.4 cm³/mol. The maximum Gasteiger partial charge on any atom is 0.470 e. The van der Waals surface area contributed by atoms with Gasteiger partial charge in [-0.25, -0.2) is 9.36 Å². The fourth-order valence-corrected chi connectivity index (χ4v) is 2.77. The topological polar surface area (TPSA) is 151 Å². The van der Waals surface area contributed by atoms with Gasteiger partial charge in [0.05, 0.1) is 6.10 Å². The van der Waals surface area contributed by atoms with E-state index in [4.69, 9.17) is 14.5 Å². The van der Waals surface area contributed by atoms with Gasteiger partial charge in [-0.15, -0.1) is 0 Å². The van der Waals surface area contributed by atoms with Crippen molar-refractivity contribution in [3.63, 3.8) is 0 Å². The summed E-state index contributed by atoms with van der Waals surface area (Å²) in [6.07, 6.45) is -3.36. The van der Waals surface area contributed by atoms with Gasteiger partial charge < -0.3 is 19.6 Å². The van der Waals surface area contributed by atoms with Crippen molar-refractivity contribution in [1.82, 2.24) is 9.55 Å². The number of H-pyrrole nitrogens is 1. The van der Waals surface area contributed by atoms with Gasteiger partial charge in [-0.2, -0.15) is 0 Å². The number of aromatic nitrogens is 2. The normalized spacial score (nSPS) is 29.7. The highest BCUT2D eigenvalue weighted by Gasteiger charge is 2.47. The number of aliphatic hydroxyl groups is 1. The standard InChI is InChI=1S/C10H15N2O8P/c1-2-5-8(20-21(16,17)18)7(14)9(19-5)12-4-3-6(13)11-10(12)15/h3-5,7-9,14H,2H2,1H3,(H,11,13,15)(H2,16,17,18)/t5-,7+,8?,9-/m1/s1. The summed E-state index contributed by atoms with van der Waals surface area (Å²) in [6, 6.07) is 1.07. The molecule has 4 atom stereocenters. The van der Waals surface area contributed by atoms with Gasteiger partial charge in [0.2, 0.25) is 0 Å². The lowest BCUT2D eigenvalue weighted by Crippen LogP contribution is -2.38.